The van der Waals surface area contributed by atoms with Gasteiger partial charge in [0.1, 0.15) is 5.60 Å². The van der Waals surface area contributed by atoms with Crippen LogP contribution >= 0.6 is 0 Å². The summed E-state index contributed by atoms with van der Waals surface area (Å²) in [7, 11) is 1.87. The minimum absolute atomic E-state index is 0.0825. The van der Waals surface area contributed by atoms with Crippen LogP contribution in [0.4, 0.5) is 0 Å². The van der Waals surface area contributed by atoms with Crippen molar-refractivity contribution < 1.29 is 24.2 Å². The van der Waals surface area contributed by atoms with Crippen molar-refractivity contribution in [3.63, 3.8) is 0 Å². The summed E-state index contributed by atoms with van der Waals surface area (Å²) in [6.07, 6.45) is 15.3. The summed E-state index contributed by atoms with van der Waals surface area (Å²) in [5.74, 6) is -0.789. The lowest BCUT2D eigenvalue weighted by Gasteiger charge is -2.19. The molecule has 7 nitrogen and oxygen atoms in total. The van der Waals surface area contributed by atoms with Gasteiger partial charge in [-0.3, -0.25) is 14.4 Å². The highest BCUT2D eigenvalue weighted by Crippen LogP contribution is 2.14. The lowest BCUT2D eigenvalue weighted by atomic mass is 10.0. The van der Waals surface area contributed by atoms with E-state index in [2.05, 4.69) is 5.32 Å². The number of ether oxygens (including phenoxy) is 1. The number of amides is 1. The van der Waals surface area contributed by atoms with Crippen molar-refractivity contribution in [2.75, 3.05) is 26.7 Å². The standard InChI is InChI=1S/C26H50N2O5/c1-26(2,3)33-25(32)18-16-14-12-10-8-6-5-7-9-11-13-15-17-23(29)27-20-22-28(4)21-19-24(30)31/h5-22H2,1-4H3,(H,27,29)(H,30,31). The number of unbranched alkanes of at least 4 members (excludes halogenated alkanes) is 11. The normalized spacial score (nSPS) is 11.5. The minimum atomic E-state index is -0.797. The monoisotopic (exact) mass is 470 g/mol. The predicted octanol–water partition coefficient (Wildman–Crippen LogP) is 5.31. The number of rotatable bonds is 21. The molecule has 0 radical (unpaired) electrons. The number of carbonyl (C=O) groups excluding carboxylic acids is 2. The van der Waals surface area contributed by atoms with Gasteiger partial charge in [-0.15, -0.1) is 0 Å². The average molecular weight is 471 g/mol. The van der Waals surface area contributed by atoms with E-state index in [1.54, 1.807) is 0 Å². The first-order valence-corrected chi connectivity index (χ1v) is 13.0. The molecule has 2 N–H and O–H groups in total. The van der Waals surface area contributed by atoms with Gasteiger partial charge in [0.25, 0.3) is 0 Å². The molecule has 0 fully saturated rings. The smallest absolute Gasteiger partial charge is 0.306 e. The minimum Gasteiger partial charge on any atom is -0.481 e. The van der Waals surface area contributed by atoms with Crippen molar-refractivity contribution in [2.24, 2.45) is 0 Å². The SMILES string of the molecule is CN(CCNC(=O)CCCCCCCCCCCCCCC(=O)OC(C)(C)C)CCC(=O)O. The van der Waals surface area contributed by atoms with E-state index in [1.807, 2.05) is 32.7 Å². The molecule has 1 amide bonds. The first kappa shape index (κ1) is 31.4. The van der Waals surface area contributed by atoms with E-state index in [1.165, 1.54) is 51.4 Å². The first-order chi connectivity index (χ1) is 15.6. The lowest BCUT2D eigenvalue weighted by Crippen LogP contribution is -2.33. The van der Waals surface area contributed by atoms with Crippen LogP contribution in [0, 0.1) is 0 Å². The molecule has 0 aromatic rings. The first-order valence-electron chi connectivity index (χ1n) is 13.0. The quantitative estimate of drug-likeness (QED) is 0.174. The van der Waals surface area contributed by atoms with Crippen molar-refractivity contribution in [3.05, 3.63) is 0 Å². The number of carbonyl (C=O) groups is 3. The van der Waals surface area contributed by atoms with Crippen molar-refractivity contribution in [3.8, 4) is 0 Å². The topological polar surface area (TPSA) is 95.9 Å². The zero-order chi connectivity index (χ0) is 25.0. The molecule has 0 saturated carbocycles. The van der Waals surface area contributed by atoms with Crippen LogP contribution < -0.4 is 5.32 Å². The Morgan fingerprint density at radius 1 is 0.727 bits per heavy atom. The molecular formula is C26H50N2O5. The Morgan fingerprint density at radius 3 is 1.64 bits per heavy atom. The summed E-state index contributed by atoms with van der Waals surface area (Å²) >= 11 is 0. The summed E-state index contributed by atoms with van der Waals surface area (Å²) < 4.78 is 5.32. The lowest BCUT2D eigenvalue weighted by molar-refractivity contribution is -0.155. The van der Waals surface area contributed by atoms with E-state index in [-0.39, 0.29) is 23.9 Å². The molecular weight excluding hydrogens is 420 g/mol. The number of nitrogens with zero attached hydrogens (tertiary/aromatic N) is 1. The molecule has 0 aliphatic rings. The Balaban J connectivity index is 3.32. The predicted molar refractivity (Wildman–Crippen MR) is 133 cm³/mol. The molecule has 0 aliphatic heterocycles. The maximum absolute atomic E-state index is 11.8. The van der Waals surface area contributed by atoms with Gasteiger partial charge in [-0.1, -0.05) is 64.2 Å². The Labute approximate surface area is 202 Å². The number of aliphatic carboxylic acids is 1. The number of hydrogen-bond donors (Lipinski definition) is 2. The molecule has 0 atom stereocenters. The second-order valence-corrected chi connectivity index (χ2v) is 10.1. The summed E-state index contributed by atoms with van der Waals surface area (Å²) in [6, 6.07) is 0. The second-order valence-electron chi connectivity index (χ2n) is 10.1. The van der Waals surface area contributed by atoms with Gasteiger partial charge < -0.3 is 20.1 Å². The Bertz CT molecular complexity index is 531. The highest BCUT2D eigenvalue weighted by atomic mass is 16.6. The van der Waals surface area contributed by atoms with Crippen LogP contribution in [0.3, 0.4) is 0 Å². The van der Waals surface area contributed by atoms with Crippen LogP contribution in [0.2, 0.25) is 0 Å². The molecule has 0 bridgehead atoms. The molecule has 0 heterocycles. The van der Waals surface area contributed by atoms with Crippen LogP contribution in [0.1, 0.15) is 117 Å². The third kappa shape index (κ3) is 24.8. The summed E-state index contributed by atoms with van der Waals surface area (Å²) in [4.78, 5) is 35.9. The highest BCUT2D eigenvalue weighted by Gasteiger charge is 2.15. The van der Waals surface area contributed by atoms with Gasteiger partial charge in [-0.05, 0) is 40.7 Å². The van der Waals surface area contributed by atoms with Gasteiger partial charge in [-0.25, -0.2) is 0 Å². The van der Waals surface area contributed by atoms with E-state index in [9.17, 15) is 14.4 Å². The fourth-order valence-corrected chi connectivity index (χ4v) is 3.59. The largest absolute Gasteiger partial charge is 0.481 e. The van der Waals surface area contributed by atoms with E-state index in [4.69, 9.17) is 9.84 Å². The maximum Gasteiger partial charge on any atom is 0.306 e. The highest BCUT2D eigenvalue weighted by molar-refractivity contribution is 5.75. The van der Waals surface area contributed by atoms with E-state index in [0.717, 1.165) is 25.7 Å². The molecule has 0 spiro atoms. The number of hydrogen-bond acceptors (Lipinski definition) is 5. The molecule has 0 aromatic carbocycles. The van der Waals surface area contributed by atoms with E-state index < -0.39 is 5.97 Å². The van der Waals surface area contributed by atoms with Crippen LogP contribution in [-0.4, -0.2) is 60.1 Å². The number of likely N-dealkylation sites (N-methyl/N-ethyl adjacent to an activating group) is 1. The molecule has 0 aromatic heterocycles. The van der Waals surface area contributed by atoms with Crippen molar-refractivity contribution >= 4 is 17.8 Å². The fraction of sp³-hybridized carbons (Fsp3) is 0.885. The molecule has 0 rings (SSSR count). The number of carboxylic acid groups (broad SMARTS) is 1. The Hall–Kier alpha value is -1.63. The summed E-state index contributed by atoms with van der Waals surface area (Å²) in [6.45, 7) is 7.45. The van der Waals surface area contributed by atoms with Gasteiger partial charge in [-0.2, -0.15) is 0 Å². The second kappa shape index (κ2) is 19.8. The Morgan fingerprint density at radius 2 is 1.18 bits per heavy atom. The van der Waals surface area contributed by atoms with Gasteiger partial charge in [0, 0.05) is 32.5 Å². The van der Waals surface area contributed by atoms with E-state index >= 15 is 0 Å². The van der Waals surface area contributed by atoms with Crippen LogP contribution in [0.25, 0.3) is 0 Å². The number of nitrogens with one attached hydrogen (secondary N) is 1. The number of carboxylic acids is 1. The maximum atomic E-state index is 11.8. The van der Waals surface area contributed by atoms with Gasteiger partial charge in [0.15, 0.2) is 0 Å². The van der Waals surface area contributed by atoms with Crippen molar-refractivity contribution in [1.82, 2.24) is 10.2 Å². The van der Waals surface area contributed by atoms with Crippen LogP contribution in [0.15, 0.2) is 0 Å². The zero-order valence-corrected chi connectivity index (χ0v) is 21.8. The zero-order valence-electron chi connectivity index (χ0n) is 21.8. The molecule has 7 heteroatoms. The summed E-state index contributed by atoms with van der Waals surface area (Å²) in [5.41, 5.74) is -0.379. The molecule has 194 valence electrons. The average Bonchev–Trinajstić information content (AvgIpc) is 2.71. The fourth-order valence-electron chi connectivity index (χ4n) is 3.59. The van der Waals surface area contributed by atoms with Crippen LogP contribution in [-0.2, 0) is 19.1 Å². The molecule has 0 aliphatic carbocycles. The van der Waals surface area contributed by atoms with Crippen molar-refractivity contribution in [1.29, 1.82) is 0 Å². The van der Waals surface area contributed by atoms with Crippen molar-refractivity contribution in [2.45, 2.75) is 123 Å². The summed E-state index contributed by atoms with van der Waals surface area (Å²) in [5, 5.41) is 11.6. The Kier molecular flexibility index (Phi) is 18.8. The van der Waals surface area contributed by atoms with Gasteiger partial charge in [0.2, 0.25) is 5.91 Å². The molecule has 0 saturated heterocycles. The van der Waals surface area contributed by atoms with Gasteiger partial charge >= 0.3 is 11.9 Å². The number of esters is 1. The third-order valence-electron chi connectivity index (χ3n) is 5.48. The van der Waals surface area contributed by atoms with E-state index in [0.29, 0.717) is 32.5 Å². The molecule has 33 heavy (non-hydrogen) atoms. The van der Waals surface area contributed by atoms with Gasteiger partial charge in [0.05, 0.1) is 6.42 Å². The van der Waals surface area contributed by atoms with Crippen LogP contribution in [0.5, 0.6) is 0 Å². The third-order valence-corrected chi connectivity index (χ3v) is 5.48. The molecule has 0 unspecified atom stereocenters.